The van der Waals surface area contributed by atoms with E-state index < -0.39 is 23.7 Å². The van der Waals surface area contributed by atoms with Gasteiger partial charge in [-0.05, 0) is 49.1 Å². The average molecular weight is 445 g/mol. The summed E-state index contributed by atoms with van der Waals surface area (Å²) in [4.78, 5) is 28.7. The Morgan fingerprint density at radius 2 is 1.94 bits per heavy atom. The Morgan fingerprint density at radius 3 is 2.65 bits per heavy atom. The third-order valence-corrected chi connectivity index (χ3v) is 6.66. The summed E-state index contributed by atoms with van der Waals surface area (Å²) in [6.07, 6.45) is 3.47. The largest absolute Gasteiger partial charge is 0.465 e. The van der Waals surface area contributed by atoms with E-state index >= 15 is 0 Å². The number of hydrogen-bond acceptors (Lipinski definition) is 4. The van der Waals surface area contributed by atoms with Gasteiger partial charge in [0.25, 0.3) is 5.91 Å². The van der Waals surface area contributed by atoms with Crippen LogP contribution >= 0.6 is 11.6 Å². The molecule has 2 aliphatic rings. The maximum absolute atomic E-state index is 13.8. The van der Waals surface area contributed by atoms with E-state index in [1.807, 2.05) is 0 Å². The average Bonchev–Trinajstić information content (AvgIpc) is 2.75. The summed E-state index contributed by atoms with van der Waals surface area (Å²) >= 11 is 6.46. The standard InChI is InChI=1S/C24H26ClFN2O3/c1-2-31-24(30)21-15-7-3-4-8-16(15)23(29)28(20-10-6-5-9-19(20)27)22(21)17-12-11-14(26)13-18(17)25/h3-4,7-8,11-13,19-22H,2,5-6,9-10,27H2,1H3/t19-,20-,21+,22-/m0/s1. The Hall–Kier alpha value is -2.44. The SMILES string of the molecule is CCOC(=O)[C@@H]1c2ccccc2C(=O)N([C@H]2CCCC[C@@H]2N)[C@H]1c1ccc(F)cc1Cl. The van der Waals surface area contributed by atoms with E-state index in [2.05, 4.69) is 0 Å². The number of nitrogens with two attached hydrogens (primary N) is 1. The first kappa shape index (κ1) is 21.8. The van der Waals surface area contributed by atoms with Gasteiger partial charge in [0.05, 0.1) is 12.6 Å². The zero-order valence-electron chi connectivity index (χ0n) is 17.4. The van der Waals surface area contributed by atoms with Crippen molar-refractivity contribution in [3.8, 4) is 0 Å². The third kappa shape index (κ3) is 3.94. The maximum Gasteiger partial charge on any atom is 0.315 e. The molecular weight excluding hydrogens is 419 g/mol. The molecule has 0 saturated heterocycles. The second-order valence-electron chi connectivity index (χ2n) is 8.16. The first-order chi connectivity index (χ1) is 14.9. The normalized spacial score (nSPS) is 25.8. The van der Waals surface area contributed by atoms with Gasteiger partial charge in [-0.15, -0.1) is 0 Å². The van der Waals surface area contributed by atoms with Crippen molar-refractivity contribution >= 4 is 23.5 Å². The molecule has 0 spiro atoms. The van der Waals surface area contributed by atoms with Gasteiger partial charge in [0.15, 0.2) is 0 Å². The van der Waals surface area contributed by atoms with Crippen LogP contribution < -0.4 is 5.73 Å². The fourth-order valence-electron chi connectivity index (χ4n) is 4.96. The lowest BCUT2D eigenvalue weighted by atomic mass is 9.77. The minimum absolute atomic E-state index is 0.167. The highest BCUT2D eigenvalue weighted by Crippen LogP contribution is 2.47. The predicted molar refractivity (Wildman–Crippen MR) is 116 cm³/mol. The van der Waals surface area contributed by atoms with Gasteiger partial charge in [0.1, 0.15) is 11.7 Å². The number of fused-ring (bicyclic) bond motifs is 1. The van der Waals surface area contributed by atoms with Gasteiger partial charge in [-0.2, -0.15) is 0 Å². The van der Waals surface area contributed by atoms with Gasteiger partial charge in [-0.25, -0.2) is 4.39 Å². The number of benzene rings is 2. The van der Waals surface area contributed by atoms with E-state index in [4.69, 9.17) is 22.1 Å². The highest BCUT2D eigenvalue weighted by molar-refractivity contribution is 6.31. The first-order valence-corrected chi connectivity index (χ1v) is 11.1. The molecule has 5 nitrogen and oxygen atoms in total. The Bertz CT molecular complexity index is 999. The Balaban J connectivity index is 1.94. The Labute approximate surface area is 186 Å². The molecule has 2 aromatic carbocycles. The van der Waals surface area contributed by atoms with Crippen LogP contribution in [0, 0.1) is 5.82 Å². The van der Waals surface area contributed by atoms with Gasteiger partial charge >= 0.3 is 5.97 Å². The van der Waals surface area contributed by atoms with Gasteiger partial charge in [-0.3, -0.25) is 9.59 Å². The van der Waals surface area contributed by atoms with E-state index in [0.717, 1.165) is 25.7 Å². The number of rotatable bonds is 4. The second-order valence-corrected chi connectivity index (χ2v) is 8.56. The van der Waals surface area contributed by atoms with Crippen LogP contribution in [0.15, 0.2) is 42.5 Å². The van der Waals surface area contributed by atoms with Crippen molar-refractivity contribution in [2.75, 3.05) is 6.61 Å². The molecular formula is C24H26ClFN2O3. The van der Waals surface area contributed by atoms with Crippen LogP contribution in [0.3, 0.4) is 0 Å². The van der Waals surface area contributed by atoms with E-state index in [1.54, 1.807) is 42.2 Å². The van der Waals surface area contributed by atoms with Crippen LogP contribution in [-0.2, 0) is 9.53 Å². The second kappa shape index (κ2) is 8.97. The number of ether oxygens (including phenoxy) is 1. The van der Waals surface area contributed by atoms with Crippen LogP contribution in [-0.4, -0.2) is 35.5 Å². The van der Waals surface area contributed by atoms with Crippen LogP contribution in [0.2, 0.25) is 5.02 Å². The molecule has 1 aliphatic carbocycles. The number of carbonyl (C=O) groups is 2. The molecule has 1 saturated carbocycles. The third-order valence-electron chi connectivity index (χ3n) is 6.34. The molecule has 2 aromatic rings. The van der Waals surface area contributed by atoms with Gasteiger partial charge in [0.2, 0.25) is 0 Å². The summed E-state index contributed by atoms with van der Waals surface area (Å²) in [5.74, 6) is -1.90. The number of carbonyl (C=O) groups excluding carboxylic acids is 2. The molecule has 4 atom stereocenters. The monoisotopic (exact) mass is 444 g/mol. The molecule has 4 rings (SSSR count). The lowest BCUT2D eigenvalue weighted by Gasteiger charge is -2.48. The van der Waals surface area contributed by atoms with Gasteiger partial charge in [-0.1, -0.05) is 48.7 Å². The Kier molecular flexibility index (Phi) is 6.30. The molecule has 1 amide bonds. The predicted octanol–water partition coefficient (Wildman–Crippen LogP) is 4.59. The Morgan fingerprint density at radius 1 is 1.19 bits per heavy atom. The molecule has 164 valence electrons. The molecule has 1 aliphatic heterocycles. The topological polar surface area (TPSA) is 72.6 Å². The smallest absolute Gasteiger partial charge is 0.315 e. The number of halogens is 2. The van der Waals surface area contributed by atoms with Crippen molar-refractivity contribution in [1.82, 2.24) is 4.90 Å². The van der Waals surface area contributed by atoms with Crippen LogP contribution in [0.4, 0.5) is 4.39 Å². The van der Waals surface area contributed by atoms with E-state index in [9.17, 15) is 14.0 Å². The van der Waals surface area contributed by atoms with Crippen molar-refractivity contribution < 1.29 is 18.7 Å². The molecule has 0 radical (unpaired) electrons. The van der Waals surface area contributed by atoms with Gasteiger partial charge in [0, 0.05) is 22.7 Å². The number of amides is 1. The van der Waals surface area contributed by atoms with E-state index in [-0.39, 0.29) is 29.6 Å². The molecule has 0 bridgehead atoms. The fourth-order valence-corrected chi connectivity index (χ4v) is 5.24. The molecule has 0 unspecified atom stereocenters. The zero-order valence-corrected chi connectivity index (χ0v) is 18.1. The van der Waals surface area contributed by atoms with Crippen molar-refractivity contribution in [1.29, 1.82) is 0 Å². The highest BCUT2D eigenvalue weighted by Gasteiger charge is 2.49. The van der Waals surface area contributed by atoms with Crippen molar-refractivity contribution in [3.63, 3.8) is 0 Å². The summed E-state index contributed by atoms with van der Waals surface area (Å²) < 4.78 is 19.3. The number of nitrogens with zero attached hydrogens (tertiary/aromatic N) is 1. The quantitative estimate of drug-likeness (QED) is 0.700. The van der Waals surface area contributed by atoms with Crippen LogP contribution in [0.5, 0.6) is 0 Å². The minimum atomic E-state index is -0.786. The van der Waals surface area contributed by atoms with E-state index in [1.165, 1.54) is 12.1 Å². The van der Waals surface area contributed by atoms with Crippen molar-refractivity contribution in [3.05, 3.63) is 70.0 Å². The fraction of sp³-hybridized carbons (Fsp3) is 0.417. The molecule has 1 fully saturated rings. The summed E-state index contributed by atoms with van der Waals surface area (Å²) in [6, 6.07) is 9.94. The summed E-state index contributed by atoms with van der Waals surface area (Å²) in [5.41, 5.74) is 8.05. The molecule has 31 heavy (non-hydrogen) atoms. The first-order valence-electron chi connectivity index (χ1n) is 10.7. The zero-order chi connectivity index (χ0) is 22.1. The number of hydrogen-bond donors (Lipinski definition) is 1. The summed E-state index contributed by atoms with van der Waals surface area (Å²) in [5, 5.41) is 0.167. The molecule has 2 N–H and O–H groups in total. The summed E-state index contributed by atoms with van der Waals surface area (Å²) in [7, 11) is 0. The van der Waals surface area contributed by atoms with Crippen LogP contribution in [0.25, 0.3) is 0 Å². The number of esters is 1. The van der Waals surface area contributed by atoms with Crippen molar-refractivity contribution in [2.24, 2.45) is 5.73 Å². The van der Waals surface area contributed by atoms with E-state index in [0.29, 0.717) is 16.7 Å². The summed E-state index contributed by atoms with van der Waals surface area (Å²) in [6.45, 7) is 1.95. The van der Waals surface area contributed by atoms with Gasteiger partial charge < -0.3 is 15.4 Å². The lowest BCUT2D eigenvalue weighted by Crippen LogP contribution is -2.57. The molecule has 0 aromatic heterocycles. The van der Waals surface area contributed by atoms with Crippen LogP contribution in [0.1, 0.15) is 66.1 Å². The lowest BCUT2D eigenvalue weighted by molar-refractivity contribution is -0.147. The minimum Gasteiger partial charge on any atom is -0.465 e. The van der Waals surface area contributed by atoms with Crippen molar-refractivity contribution in [2.45, 2.75) is 56.7 Å². The molecule has 7 heteroatoms. The maximum atomic E-state index is 13.8. The highest BCUT2D eigenvalue weighted by atomic mass is 35.5. The molecule has 1 heterocycles.